The van der Waals surface area contributed by atoms with Crippen LogP contribution in [0.4, 0.5) is 0 Å². The lowest BCUT2D eigenvalue weighted by atomic mass is 10.0. The van der Waals surface area contributed by atoms with Gasteiger partial charge in [0.05, 0.1) is 12.7 Å². The summed E-state index contributed by atoms with van der Waals surface area (Å²) < 4.78 is 5.47. The van der Waals surface area contributed by atoms with Crippen LogP contribution in [0.1, 0.15) is 30.2 Å². The second-order valence-corrected chi connectivity index (χ2v) is 5.33. The van der Waals surface area contributed by atoms with E-state index >= 15 is 0 Å². The Balaban J connectivity index is 1.64. The molecule has 0 saturated carbocycles. The molecule has 0 unspecified atom stereocenters. The Morgan fingerprint density at radius 1 is 1.05 bits per heavy atom. The molecule has 0 saturated heterocycles. The van der Waals surface area contributed by atoms with Crippen LogP contribution >= 0.6 is 0 Å². The third kappa shape index (κ3) is 3.40. The van der Waals surface area contributed by atoms with E-state index in [1.807, 2.05) is 31.5 Å². The number of aryl methyl sites for hydroxylation is 1. The third-order valence-corrected chi connectivity index (χ3v) is 3.65. The molecule has 1 N–H and O–H groups in total. The highest BCUT2D eigenvalue weighted by Crippen LogP contribution is 2.21. The molecule has 0 amide bonds. The zero-order valence-electron chi connectivity index (χ0n) is 12.8. The molecule has 0 fully saturated rings. The fourth-order valence-electron chi connectivity index (χ4n) is 2.35. The number of pyridine rings is 1. The van der Waals surface area contributed by atoms with E-state index in [0.29, 0.717) is 6.54 Å². The molecule has 0 aliphatic carbocycles. The maximum absolute atomic E-state index is 5.47. The van der Waals surface area contributed by atoms with Crippen molar-refractivity contribution in [3.63, 3.8) is 0 Å². The first-order chi connectivity index (χ1) is 10.7. The number of oxazole rings is 1. The van der Waals surface area contributed by atoms with Gasteiger partial charge in [0.1, 0.15) is 5.76 Å². The van der Waals surface area contributed by atoms with Gasteiger partial charge in [0, 0.05) is 18.4 Å². The van der Waals surface area contributed by atoms with Gasteiger partial charge < -0.3 is 9.73 Å². The maximum Gasteiger partial charge on any atom is 0.208 e. The molecular weight excluding hydrogens is 274 g/mol. The van der Waals surface area contributed by atoms with E-state index in [4.69, 9.17) is 4.42 Å². The minimum Gasteiger partial charge on any atom is -0.445 e. The van der Waals surface area contributed by atoms with Gasteiger partial charge in [-0.15, -0.1) is 0 Å². The molecule has 4 nitrogen and oxygen atoms in total. The van der Waals surface area contributed by atoms with Gasteiger partial charge in [-0.3, -0.25) is 4.98 Å². The molecule has 2 aromatic heterocycles. The first kappa shape index (κ1) is 14.5. The molecule has 0 spiro atoms. The summed E-state index contributed by atoms with van der Waals surface area (Å²) in [5, 5.41) is 3.42. The van der Waals surface area contributed by atoms with Crippen LogP contribution in [0.25, 0.3) is 11.1 Å². The van der Waals surface area contributed by atoms with E-state index in [-0.39, 0.29) is 6.04 Å². The summed E-state index contributed by atoms with van der Waals surface area (Å²) in [6.07, 6.45) is 5.36. The largest absolute Gasteiger partial charge is 0.445 e. The van der Waals surface area contributed by atoms with Crippen LogP contribution in [-0.2, 0) is 6.54 Å². The predicted octanol–water partition coefficient (Wildman–Crippen LogP) is 3.90. The Kier molecular flexibility index (Phi) is 4.30. The molecule has 4 heteroatoms. The van der Waals surface area contributed by atoms with Crippen molar-refractivity contribution in [2.75, 3.05) is 0 Å². The van der Waals surface area contributed by atoms with E-state index in [9.17, 15) is 0 Å². The SMILES string of the molecule is Cc1cnc(CN[C@H](C)c2ccc(-c3ccncc3)cc2)o1. The van der Waals surface area contributed by atoms with Crippen molar-refractivity contribution >= 4 is 0 Å². The number of aromatic nitrogens is 2. The van der Waals surface area contributed by atoms with Crippen LogP contribution in [-0.4, -0.2) is 9.97 Å². The average Bonchev–Trinajstić information content (AvgIpc) is 2.99. The van der Waals surface area contributed by atoms with Gasteiger partial charge in [0.25, 0.3) is 0 Å². The number of nitrogens with zero attached hydrogens (tertiary/aromatic N) is 2. The first-order valence-corrected chi connectivity index (χ1v) is 7.37. The van der Waals surface area contributed by atoms with E-state index in [1.54, 1.807) is 6.20 Å². The summed E-state index contributed by atoms with van der Waals surface area (Å²) in [4.78, 5) is 8.25. The lowest BCUT2D eigenvalue weighted by molar-refractivity contribution is 0.432. The Hall–Kier alpha value is -2.46. The number of hydrogen-bond donors (Lipinski definition) is 1. The van der Waals surface area contributed by atoms with Crippen LogP contribution in [0.15, 0.2) is 59.4 Å². The van der Waals surface area contributed by atoms with Crippen LogP contribution in [0.3, 0.4) is 0 Å². The number of rotatable bonds is 5. The second-order valence-electron chi connectivity index (χ2n) is 5.33. The van der Waals surface area contributed by atoms with E-state index in [2.05, 4.69) is 46.5 Å². The molecule has 1 atom stereocenters. The van der Waals surface area contributed by atoms with Gasteiger partial charge in [-0.25, -0.2) is 4.98 Å². The highest BCUT2D eigenvalue weighted by atomic mass is 16.4. The van der Waals surface area contributed by atoms with Crippen molar-refractivity contribution in [3.05, 3.63) is 72.2 Å². The molecule has 0 bridgehead atoms. The number of hydrogen-bond acceptors (Lipinski definition) is 4. The molecular formula is C18H19N3O. The topological polar surface area (TPSA) is 51.0 Å². The summed E-state index contributed by atoms with van der Waals surface area (Å²) in [5.41, 5.74) is 3.61. The van der Waals surface area contributed by atoms with Gasteiger partial charge in [0.2, 0.25) is 5.89 Å². The number of benzene rings is 1. The van der Waals surface area contributed by atoms with Crippen molar-refractivity contribution in [2.45, 2.75) is 26.4 Å². The third-order valence-electron chi connectivity index (χ3n) is 3.65. The quantitative estimate of drug-likeness (QED) is 0.775. The lowest BCUT2D eigenvalue weighted by Gasteiger charge is -2.13. The molecule has 2 heterocycles. The Bertz CT molecular complexity index is 720. The summed E-state index contributed by atoms with van der Waals surface area (Å²) in [7, 11) is 0. The zero-order valence-corrected chi connectivity index (χ0v) is 12.8. The molecule has 22 heavy (non-hydrogen) atoms. The minimum absolute atomic E-state index is 0.235. The summed E-state index contributed by atoms with van der Waals surface area (Å²) >= 11 is 0. The van der Waals surface area contributed by atoms with Crippen molar-refractivity contribution in [1.29, 1.82) is 0 Å². The van der Waals surface area contributed by atoms with Crippen molar-refractivity contribution in [3.8, 4) is 11.1 Å². The van der Waals surface area contributed by atoms with Gasteiger partial charge in [-0.1, -0.05) is 24.3 Å². The molecule has 3 aromatic rings. The normalized spacial score (nSPS) is 12.3. The van der Waals surface area contributed by atoms with Crippen LogP contribution < -0.4 is 5.32 Å². The van der Waals surface area contributed by atoms with Gasteiger partial charge in [-0.2, -0.15) is 0 Å². The Labute approximate surface area is 130 Å². The highest BCUT2D eigenvalue weighted by Gasteiger charge is 2.07. The van der Waals surface area contributed by atoms with E-state index in [0.717, 1.165) is 11.7 Å². The van der Waals surface area contributed by atoms with Crippen molar-refractivity contribution in [1.82, 2.24) is 15.3 Å². The molecule has 1 aromatic carbocycles. The van der Waals surface area contributed by atoms with Crippen LogP contribution in [0.5, 0.6) is 0 Å². The van der Waals surface area contributed by atoms with E-state index < -0.39 is 0 Å². The first-order valence-electron chi connectivity index (χ1n) is 7.37. The van der Waals surface area contributed by atoms with Gasteiger partial charge in [-0.05, 0) is 42.7 Å². The Morgan fingerprint density at radius 2 is 1.73 bits per heavy atom. The van der Waals surface area contributed by atoms with Crippen LogP contribution in [0.2, 0.25) is 0 Å². The maximum atomic E-state index is 5.47. The van der Waals surface area contributed by atoms with E-state index in [1.165, 1.54) is 16.7 Å². The standard InChI is InChI=1S/C18H19N3O/c1-13-11-21-18(22-13)12-20-14(2)15-3-5-16(6-4-15)17-7-9-19-10-8-17/h3-11,14,20H,12H2,1-2H3/t14-/m1/s1. The smallest absolute Gasteiger partial charge is 0.208 e. The van der Waals surface area contributed by atoms with Crippen LogP contribution in [0, 0.1) is 6.92 Å². The van der Waals surface area contributed by atoms with Crippen molar-refractivity contribution < 1.29 is 4.42 Å². The average molecular weight is 293 g/mol. The Morgan fingerprint density at radius 3 is 2.36 bits per heavy atom. The summed E-state index contributed by atoms with van der Waals surface area (Å²) in [6, 6.07) is 12.8. The molecule has 3 rings (SSSR count). The monoisotopic (exact) mass is 293 g/mol. The van der Waals surface area contributed by atoms with Gasteiger partial charge in [0.15, 0.2) is 0 Å². The predicted molar refractivity (Wildman–Crippen MR) is 86.2 cm³/mol. The summed E-state index contributed by atoms with van der Waals surface area (Å²) in [5.74, 6) is 1.56. The zero-order chi connectivity index (χ0) is 15.4. The molecule has 0 aliphatic rings. The second kappa shape index (κ2) is 6.54. The molecule has 0 radical (unpaired) electrons. The lowest BCUT2D eigenvalue weighted by Crippen LogP contribution is -2.18. The summed E-state index contributed by atoms with van der Waals surface area (Å²) in [6.45, 7) is 4.66. The fraction of sp³-hybridized carbons (Fsp3) is 0.222. The highest BCUT2D eigenvalue weighted by molar-refractivity contribution is 5.62. The fourth-order valence-corrected chi connectivity index (χ4v) is 2.35. The number of nitrogens with one attached hydrogen (secondary N) is 1. The molecule has 112 valence electrons. The minimum atomic E-state index is 0.235. The molecule has 0 aliphatic heterocycles. The van der Waals surface area contributed by atoms with Crippen molar-refractivity contribution in [2.24, 2.45) is 0 Å². The van der Waals surface area contributed by atoms with Gasteiger partial charge >= 0.3 is 0 Å².